The molecule has 1 aromatic carbocycles. The Balaban J connectivity index is 1.80. The molecule has 1 saturated carbocycles. The summed E-state index contributed by atoms with van der Waals surface area (Å²) in [5, 5.41) is 4.10. The van der Waals surface area contributed by atoms with E-state index in [9.17, 15) is 0 Å². The van der Waals surface area contributed by atoms with E-state index in [1.165, 1.54) is 0 Å². The number of nitrogens with one attached hydrogen (secondary N) is 2. The number of rotatable bonds is 5. The van der Waals surface area contributed by atoms with Gasteiger partial charge in [0.2, 0.25) is 0 Å². The van der Waals surface area contributed by atoms with Gasteiger partial charge in [0.15, 0.2) is 0 Å². The van der Waals surface area contributed by atoms with Gasteiger partial charge in [-0.25, -0.2) is 15.8 Å². The quantitative estimate of drug-likeness (QED) is 0.584. The molecule has 1 heterocycles. The van der Waals surface area contributed by atoms with Gasteiger partial charge in [-0.1, -0.05) is 23.7 Å². The SMILES string of the molecule is Cc1c(NN)nc(C2CC2)nc1NCc1ccc(Cl)cc1. The van der Waals surface area contributed by atoms with Crippen LogP contribution in [0, 0.1) is 6.92 Å². The van der Waals surface area contributed by atoms with Crippen molar-refractivity contribution in [2.75, 3.05) is 10.7 Å². The minimum atomic E-state index is 0.480. The molecule has 0 spiro atoms. The van der Waals surface area contributed by atoms with E-state index in [1.54, 1.807) is 0 Å². The van der Waals surface area contributed by atoms with Crippen molar-refractivity contribution in [1.29, 1.82) is 0 Å². The first-order valence-corrected chi connectivity index (χ1v) is 7.38. The van der Waals surface area contributed by atoms with Gasteiger partial charge in [0.25, 0.3) is 0 Å². The smallest absolute Gasteiger partial charge is 0.148 e. The third-order valence-corrected chi connectivity index (χ3v) is 3.87. The van der Waals surface area contributed by atoms with E-state index in [4.69, 9.17) is 17.4 Å². The zero-order valence-electron chi connectivity index (χ0n) is 11.9. The Hall–Kier alpha value is -1.85. The first-order chi connectivity index (χ1) is 10.2. The van der Waals surface area contributed by atoms with E-state index in [-0.39, 0.29) is 0 Å². The lowest BCUT2D eigenvalue weighted by Crippen LogP contribution is -2.14. The van der Waals surface area contributed by atoms with Crippen molar-refractivity contribution in [3.63, 3.8) is 0 Å². The Morgan fingerprint density at radius 2 is 1.86 bits per heavy atom. The molecule has 4 N–H and O–H groups in total. The second-order valence-corrected chi connectivity index (χ2v) is 5.74. The number of benzene rings is 1. The van der Waals surface area contributed by atoms with Gasteiger partial charge in [-0.2, -0.15) is 0 Å². The highest BCUT2D eigenvalue weighted by Gasteiger charge is 2.28. The molecule has 0 aliphatic heterocycles. The predicted molar refractivity (Wildman–Crippen MR) is 85.3 cm³/mol. The molecule has 3 rings (SSSR count). The van der Waals surface area contributed by atoms with Crippen molar-refractivity contribution in [3.8, 4) is 0 Å². The van der Waals surface area contributed by atoms with Gasteiger partial charge >= 0.3 is 0 Å². The maximum absolute atomic E-state index is 5.89. The molecule has 1 aliphatic carbocycles. The summed E-state index contributed by atoms with van der Waals surface area (Å²) in [5.74, 6) is 8.41. The molecule has 1 fully saturated rings. The van der Waals surface area contributed by atoms with E-state index in [1.807, 2.05) is 31.2 Å². The van der Waals surface area contributed by atoms with Crippen molar-refractivity contribution in [2.45, 2.75) is 32.2 Å². The van der Waals surface area contributed by atoms with Crippen LogP contribution in [0.15, 0.2) is 24.3 Å². The fourth-order valence-electron chi connectivity index (χ4n) is 2.16. The van der Waals surface area contributed by atoms with E-state index >= 15 is 0 Å². The molecule has 0 radical (unpaired) electrons. The van der Waals surface area contributed by atoms with Crippen molar-refractivity contribution in [2.24, 2.45) is 5.84 Å². The normalized spacial score (nSPS) is 14.0. The maximum atomic E-state index is 5.89. The van der Waals surface area contributed by atoms with Gasteiger partial charge in [0.1, 0.15) is 17.5 Å². The van der Waals surface area contributed by atoms with Gasteiger partial charge in [-0.3, -0.25) is 0 Å². The number of hydrogen-bond acceptors (Lipinski definition) is 5. The number of nitrogen functional groups attached to an aromatic ring is 1. The molecular formula is C15H18ClN5. The van der Waals surface area contributed by atoms with Crippen molar-refractivity contribution >= 4 is 23.2 Å². The van der Waals surface area contributed by atoms with Crippen LogP contribution in [0.1, 0.15) is 35.7 Å². The van der Waals surface area contributed by atoms with Crippen molar-refractivity contribution < 1.29 is 0 Å². The minimum absolute atomic E-state index is 0.480. The number of nitrogens with zero attached hydrogens (tertiary/aromatic N) is 2. The van der Waals surface area contributed by atoms with Gasteiger partial charge in [0.05, 0.1) is 0 Å². The molecule has 2 aromatic rings. The van der Waals surface area contributed by atoms with Crippen molar-refractivity contribution in [3.05, 3.63) is 46.2 Å². The second-order valence-electron chi connectivity index (χ2n) is 5.30. The lowest BCUT2D eigenvalue weighted by molar-refractivity contribution is 0.910. The lowest BCUT2D eigenvalue weighted by atomic mass is 10.2. The van der Waals surface area contributed by atoms with E-state index < -0.39 is 0 Å². The first kappa shape index (κ1) is 14.1. The summed E-state index contributed by atoms with van der Waals surface area (Å²) in [6.45, 7) is 2.64. The third kappa shape index (κ3) is 3.25. The van der Waals surface area contributed by atoms with Crippen LogP contribution in [0.4, 0.5) is 11.6 Å². The Bertz CT molecular complexity index is 637. The number of nitrogens with two attached hydrogens (primary N) is 1. The van der Waals surface area contributed by atoms with Crippen LogP contribution in [-0.4, -0.2) is 9.97 Å². The summed E-state index contributed by atoms with van der Waals surface area (Å²) in [4.78, 5) is 9.11. The van der Waals surface area contributed by atoms with Gasteiger partial charge in [-0.15, -0.1) is 0 Å². The molecule has 0 atom stereocenters. The second kappa shape index (κ2) is 5.87. The summed E-state index contributed by atoms with van der Waals surface area (Å²) in [6.07, 6.45) is 2.31. The average Bonchev–Trinajstić information content (AvgIpc) is 3.32. The van der Waals surface area contributed by atoms with Crippen LogP contribution in [0.25, 0.3) is 0 Å². The lowest BCUT2D eigenvalue weighted by Gasteiger charge is -2.13. The van der Waals surface area contributed by atoms with E-state index in [0.29, 0.717) is 18.3 Å². The van der Waals surface area contributed by atoms with Crippen LogP contribution in [0.2, 0.25) is 5.02 Å². The van der Waals surface area contributed by atoms with Crippen LogP contribution in [0.5, 0.6) is 0 Å². The Labute approximate surface area is 128 Å². The average molecular weight is 304 g/mol. The molecular weight excluding hydrogens is 286 g/mol. The highest BCUT2D eigenvalue weighted by atomic mass is 35.5. The molecule has 1 aromatic heterocycles. The molecule has 0 amide bonds. The molecule has 0 unspecified atom stereocenters. The molecule has 21 heavy (non-hydrogen) atoms. The summed E-state index contributed by atoms with van der Waals surface area (Å²) >= 11 is 5.89. The van der Waals surface area contributed by atoms with Crippen LogP contribution < -0.4 is 16.6 Å². The summed E-state index contributed by atoms with van der Waals surface area (Å²) in [5.41, 5.74) is 4.73. The van der Waals surface area contributed by atoms with Gasteiger partial charge < -0.3 is 10.7 Å². The van der Waals surface area contributed by atoms with Crippen LogP contribution in [-0.2, 0) is 6.54 Å². The highest BCUT2D eigenvalue weighted by Crippen LogP contribution is 2.39. The molecule has 1 aliphatic rings. The first-order valence-electron chi connectivity index (χ1n) is 7.01. The van der Waals surface area contributed by atoms with Crippen LogP contribution >= 0.6 is 11.6 Å². The summed E-state index contributed by atoms with van der Waals surface area (Å²) in [7, 11) is 0. The van der Waals surface area contributed by atoms with E-state index in [2.05, 4.69) is 20.7 Å². The molecule has 0 bridgehead atoms. The number of hydrazine groups is 1. The number of aromatic nitrogens is 2. The van der Waals surface area contributed by atoms with E-state index in [0.717, 1.165) is 40.6 Å². The molecule has 5 nitrogen and oxygen atoms in total. The highest BCUT2D eigenvalue weighted by molar-refractivity contribution is 6.30. The largest absolute Gasteiger partial charge is 0.366 e. The fourth-order valence-corrected chi connectivity index (χ4v) is 2.28. The van der Waals surface area contributed by atoms with Gasteiger partial charge in [0, 0.05) is 23.0 Å². The number of halogens is 1. The molecule has 0 saturated heterocycles. The maximum Gasteiger partial charge on any atom is 0.148 e. The molecule has 110 valence electrons. The van der Waals surface area contributed by atoms with Crippen molar-refractivity contribution in [1.82, 2.24) is 9.97 Å². The Morgan fingerprint density at radius 1 is 1.19 bits per heavy atom. The zero-order valence-corrected chi connectivity index (χ0v) is 12.6. The molecule has 6 heteroatoms. The third-order valence-electron chi connectivity index (χ3n) is 3.62. The predicted octanol–water partition coefficient (Wildman–Crippen LogP) is 3.21. The minimum Gasteiger partial charge on any atom is -0.366 e. The van der Waals surface area contributed by atoms with Gasteiger partial charge in [-0.05, 0) is 37.5 Å². The Morgan fingerprint density at radius 3 is 2.48 bits per heavy atom. The monoisotopic (exact) mass is 303 g/mol. The topological polar surface area (TPSA) is 75.9 Å². The van der Waals surface area contributed by atoms with Crippen LogP contribution in [0.3, 0.4) is 0 Å². The number of anilines is 2. The number of hydrogen-bond donors (Lipinski definition) is 3. The Kier molecular flexibility index (Phi) is 3.94. The summed E-state index contributed by atoms with van der Waals surface area (Å²) in [6, 6.07) is 7.76. The standard InChI is InChI=1S/C15H18ClN5/c1-9-13(18-8-10-2-6-12(16)7-3-10)19-15(11-4-5-11)20-14(9)21-17/h2-3,6-7,11H,4-5,8,17H2,1H3,(H2,18,19,20,21). The fraction of sp³-hybridized carbons (Fsp3) is 0.333. The summed E-state index contributed by atoms with van der Waals surface area (Å²) < 4.78 is 0. The zero-order chi connectivity index (χ0) is 14.8.